The Labute approximate surface area is 122 Å². The van der Waals surface area contributed by atoms with Crippen molar-refractivity contribution in [3.63, 3.8) is 0 Å². The first-order chi connectivity index (χ1) is 9.40. The van der Waals surface area contributed by atoms with E-state index in [4.69, 9.17) is 5.73 Å². The fourth-order valence-corrected chi connectivity index (χ4v) is 3.74. The summed E-state index contributed by atoms with van der Waals surface area (Å²) in [5, 5.41) is 0. The van der Waals surface area contributed by atoms with Crippen LogP contribution in [0.3, 0.4) is 0 Å². The Hall–Kier alpha value is -0.910. The van der Waals surface area contributed by atoms with Crippen LogP contribution < -0.4 is 10.5 Å². The highest BCUT2D eigenvalue weighted by molar-refractivity contribution is 7.89. The highest BCUT2D eigenvalue weighted by Crippen LogP contribution is 2.17. The van der Waals surface area contributed by atoms with Crippen molar-refractivity contribution >= 4 is 10.0 Å². The summed E-state index contributed by atoms with van der Waals surface area (Å²) < 4.78 is 27.5. The fraction of sp³-hybridized carbons (Fsp3) is 0.600. The van der Waals surface area contributed by atoms with Gasteiger partial charge in [0, 0.05) is 6.54 Å². The molecule has 0 heterocycles. The Morgan fingerprint density at radius 3 is 2.55 bits per heavy atom. The number of hydrogen-bond acceptors (Lipinski definition) is 3. The van der Waals surface area contributed by atoms with Crippen molar-refractivity contribution in [3.8, 4) is 0 Å². The minimum Gasteiger partial charge on any atom is -0.330 e. The molecule has 0 aliphatic heterocycles. The maximum Gasteiger partial charge on any atom is 0.240 e. The van der Waals surface area contributed by atoms with Crippen LogP contribution in [-0.4, -0.2) is 21.5 Å². The van der Waals surface area contributed by atoms with E-state index in [9.17, 15) is 8.42 Å². The molecular formula is C15H26N2O2S. The first-order valence-corrected chi connectivity index (χ1v) is 8.66. The van der Waals surface area contributed by atoms with Crippen molar-refractivity contribution in [2.75, 3.05) is 13.1 Å². The zero-order valence-electron chi connectivity index (χ0n) is 12.6. The Morgan fingerprint density at radius 2 is 1.95 bits per heavy atom. The van der Waals surface area contributed by atoms with Crippen LogP contribution in [0.15, 0.2) is 23.1 Å². The van der Waals surface area contributed by atoms with Crippen molar-refractivity contribution in [3.05, 3.63) is 29.3 Å². The lowest BCUT2D eigenvalue weighted by atomic mass is 10.0. The lowest BCUT2D eigenvalue weighted by Crippen LogP contribution is -2.31. The molecule has 1 aromatic carbocycles. The molecule has 114 valence electrons. The molecule has 5 heteroatoms. The topological polar surface area (TPSA) is 72.2 Å². The number of rotatable bonds is 8. The van der Waals surface area contributed by atoms with Gasteiger partial charge in [-0.05, 0) is 56.3 Å². The first kappa shape index (κ1) is 17.1. The normalized spacial score (nSPS) is 13.4. The third-order valence-corrected chi connectivity index (χ3v) is 5.03. The largest absolute Gasteiger partial charge is 0.330 e. The summed E-state index contributed by atoms with van der Waals surface area (Å²) in [5.41, 5.74) is 7.30. The van der Waals surface area contributed by atoms with Crippen LogP contribution in [0.4, 0.5) is 0 Å². The number of benzene rings is 1. The van der Waals surface area contributed by atoms with Crippen molar-refractivity contribution in [1.82, 2.24) is 4.72 Å². The molecule has 0 spiro atoms. The quantitative estimate of drug-likeness (QED) is 0.774. The monoisotopic (exact) mass is 298 g/mol. The van der Waals surface area contributed by atoms with E-state index in [1.165, 1.54) is 0 Å². The van der Waals surface area contributed by atoms with Gasteiger partial charge in [-0.25, -0.2) is 13.1 Å². The van der Waals surface area contributed by atoms with Gasteiger partial charge in [-0.15, -0.1) is 0 Å². The molecule has 0 aromatic heterocycles. The number of sulfonamides is 1. The molecule has 1 rings (SSSR count). The highest BCUT2D eigenvalue weighted by Gasteiger charge is 2.18. The number of hydrogen-bond donors (Lipinski definition) is 2. The van der Waals surface area contributed by atoms with Crippen molar-refractivity contribution in [2.45, 2.75) is 44.9 Å². The summed E-state index contributed by atoms with van der Waals surface area (Å²) in [6.45, 7) is 6.86. The van der Waals surface area contributed by atoms with Crippen LogP contribution >= 0.6 is 0 Å². The van der Waals surface area contributed by atoms with Crippen LogP contribution in [0.25, 0.3) is 0 Å². The number of aryl methyl sites for hydroxylation is 2. The van der Waals surface area contributed by atoms with Crippen LogP contribution in [0.2, 0.25) is 0 Å². The zero-order chi connectivity index (χ0) is 15.2. The van der Waals surface area contributed by atoms with Crippen molar-refractivity contribution in [1.29, 1.82) is 0 Å². The summed E-state index contributed by atoms with van der Waals surface area (Å²) in [5.74, 6) is 0.310. The Kier molecular flexibility index (Phi) is 6.65. The molecule has 0 bridgehead atoms. The second-order valence-electron chi connectivity index (χ2n) is 5.35. The predicted octanol–water partition coefficient (Wildman–Crippen LogP) is 2.35. The Balaban J connectivity index is 2.81. The minimum absolute atomic E-state index is 0.310. The average molecular weight is 298 g/mol. The molecule has 1 unspecified atom stereocenters. The lowest BCUT2D eigenvalue weighted by Gasteiger charge is -2.17. The van der Waals surface area contributed by atoms with Crippen LogP contribution in [0.1, 0.15) is 37.3 Å². The van der Waals surface area contributed by atoms with Gasteiger partial charge in [0.2, 0.25) is 10.0 Å². The van der Waals surface area contributed by atoms with Crippen molar-refractivity contribution in [2.24, 2.45) is 11.7 Å². The summed E-state index contributed by atoms with van der Waals surface area (Å²) in [6, 6.07) is 5.48. The Morgan fingerprint density at radius 1 is 1.25 bits per heavy atom. The molecule has 0 aliphatic rings. The van der Waals surface area contributed by atoms with E-state index in [2.05, 4.69) is 11.6 Å². The van der Waals surface area contributed by atoms with Gasteiger partial charge in [-0.1, -0.05) is 25.5 Å². The molecule has 0 aliphatic carbocycles. The summed E-state index contributed by atoms with van der Waals surface area (Å²) in [6.07, 6.45) is 2.88. The lowest BCUT2D eigenvalue weighted by molar-refractivity contribution is 0.443. The van der Waals surface area contributed by atoms with Gasteiger partial charge in [-0.2, -0.15) is 0 Å². The minimum atomic E-state index is -3.44. The summed E-state index contributed by atoms with van der Waals surface area (Å²) in [4.78, 5) is 0.375. The summed E-state index contributed by atoms with van der Waals surface area (Å²) >= 11 is 0. The van der Waals surface area contributed by atoms with Gasteiger partial charge in [-0.3, -0.25) is 0 Å². The van der Waals surface area contributed by atoms with Gasteiger partial charge >= 0.3 is 0 Å². The third-order valence-electron chi connectivity index (χ3n) is 3.47. The Bertz CT molecular complexity index is 521. The van der Waals surface area contributed by atoms with E-state index in [-0.39, 0.29) is 0 Å². The van der Waals surface area contributed by atoms with E-state index in [1.54, 1.807) is 6.07 Å². The molecule has 1 aromatic rings. The molecule has 0 radical (unpaired) electrons. The van der Waals surface area contributed by atoms with Gasteiger partial charge < -0.3 is 5.73 Å². The van der Waals surface area contributed by atoms with Gasteiger partial charge in [0.1, 0.15) is 0 Å². The second-order valence-corrected chi connectivity index (χ2v) is 7.09. The van der Waals surface area contributed by atoms with Crippen LogP contribution in [-0.2, 0) is 10.0 Å². The average Bonchev–Trinajstić information content (AvgIpc) is 2.39. The van der Waals surface area contributed by atoms with E-state index >= 15 is 0 Å². The molecule has 1 atom stereocenters. The summed E-state index contributed by atoms with van der Waals surface area (Å²) in [7, 11) is -3.44. The number of nitrogens with one attached hydrogen (secondary N) is 1. The molecule has 0 saturated heterocycles. The zero-order valence-corrected chi connectivity index (χ0v) is 13.5. The maximum atomic E-state index is 12.4. The standard InChI is InChI=1S/C15H26N2O2S/c1-4-5-14(8-9-16)11-17-20(18,19)15-10-12(2)6-7-13(15)3/h6-7,10,14,17H,4-5,8-9,11,16H2,1-3H3. The van der Waals surface area contributed by atoms with Crippen LogP contribution in [0, 0.1) is 19.8 Å². The molecule has 3 N–H and O–H groups in total. The fourth-order valence-electron chi connectivity index (χ4n) is 2.29. The molecule has 0 amide bonds. The highest BCUT2D eigenvalue weighted by atomic mass is 32.2. The SMILES string of the molecule is CCCC(CCN)CNS(=O)(=O)c1cc(C)ccc1C. The molecule has 0 saturated carbocycles. The van der Waals surface area contributed by atoms with Gasteiger partial charge in [0.05, 0.1) is 4.90 Å². The van der Waals surface area contributed by atoms with E-state index < -0.39 is 10.0 Å². The predicted molar refractivity (Wildman–Crippen MR) is 83.2 cm³/mol. The van der Waals surface area contributed by atoms with Crippen LogP contribution in [0.5, 0.6) is 0 Å². The number of nitrogens with two attached hydrogens (primary N) is 1. The van der Waals surface area contributed by atoms with Gasteiger partial charge in [0.15, 0.2) is 0 Å². The smallest absolute Gasteiger partial charge is 0.240 e. The molecule has 20 heavy (non-hydrogen) atoms. The van der Waals surface area contributed by atoms with Crippen molar-refractivity contribution < 1.29 is 8.42 Å². The molecule has 0 fully saturated rings. The maximum absolute atomic E-state index is 12.4. The molecule has 4 nitrogen and oxygen atoms in total. The molecular weight excluding hydrogens is 272 g/mol. The van der Waals surface area contributed by atoms with E-state index in [0.717, 1.165) is 30.4 Å². The van der Waals surface area contributed by atoms with E-state index in [1.807, 2.05) is 26.0 Å². The second kappa shape index (κ2) is 7.76. The third kappa shape index (κ3) is 4.89. The first-order valence-electron chi connectivity index (χ1n) is 7.17. The van der Waals surface area contributed by atoms with E-state index in [0.29, 0.717) is 23.9 Å². The van der Waals surface area contributed by atoms with Gasteiger partial charge in [0.25, 0.3) is 0 Å².